The molecule has 0 aromatic heterocycles. The largest absolute Gasteiger partial charge is 0.481 e. The molecule has 0 atom stereocenters. The Morgan fingerprint density at radius 2 is 1.41 bits per heavy atom. The smallest absolute Gasteiger partial charge is 0.300 e. The molecule has 0 fully saturated rings. The van der Waals surface area contributed by atoms with E-state index in [1.807, 2.05) is 0 Å². The number of hydrogen-bond donors (Lipinski definition) is 3. The van der Waals surface area contributed by atoms with Crippen molar-refractivity contribution in [2.75, 3.05) is 10.0 Å². The van der Waals surface area contributed by atoms with E-state index in [1.165, 1.54) is 18.2 Å². The van der Waals surface area contributed by atoms with Gasteiger partial charge in [0.15, 0.2) is 0 Å². The molecular weight excluding hydrogens is 499 g/mol. The van der Waals surface area contributed by atoms with Crippen molar-refractivity contribution in [3.05, 3.63) is 87.4 Å². The summed E-state index contributed by atoms with van der Waals surface area (Å²) in [7, 11) is -4.07. The number of sulfonamides is 1. The van der Waals surface area contributed by atoms with E-state index in [2.05, 4.69) is 10.0 Å². The number of para-hydroxylation sites is 1. The Labute approximate surface area is 200 Å². The first-order chi connectivity index (χ1) is 15.0. The van der Waals surface area contributed by atoms with Crippen LogP contribution in [0.2, 0.25) is 15.1 Å². The summed E-state index contributed by atoms with van der Waals surface area (Å²) in [5.74, 6) is -1.39. The maximum absolute atomic E-state index is 12.7. The number of benzene rings is 3. The summed E-state index contributed by atoms with van der Waals surface area (Å²) in [5, 5.41) is 10.5. The lowest BCUT2D eigenvalue weighted by Crippen LogP contribution is -2.17. The van der Waals surface area contributed by atoms with Crippen molar-refractivity contribution in [3.63, 3.8) is 0 Å². The summed E-state index contributed by atoms with van der Waals surface area (Å²) in [6, 6.07) is 17.2. The second-order valence-electron chi connectivity index (χ2n) is 6.21. The number of carbonyl (C=O) groups is 2. The third-order valence-corrected chi connectivity index (χ3v) is 6.09. The lowest BCUT2D eigenvalue weighted by molar-refractivity contribution is -0.134. The fourth-order valence-corrected chi connectivity index (χ4v) is 4.40. The van der Waals surface area contributed by atoms with E-state index < -0.39 is 21.9 Å². The molecule has 168 valence electrons. The van der Waals surface area contributed by atoms with Crippen LogP contribution in [0, 0.1) is 0 Å². The number of halogens is 3. The lowest BCUT2D eigenvalue weighted by Gasteiger charge is -2.13. The van der Waals surface area contributed by atoms with E-state index in [0.717, 1.165) is 13.0 Å². The van der Waals surface area contributed by atoms with Crippen LogP contribution in [-0.2, 0) is 14.8 Å². The van der Waals surface area contributed by atoms with Gasteiger partial charge in [0.1, 0.15) is 4.90 Å². The van der Waals surface area contributed by atoms with Gasteiger partial charge in [-0.2, -0.15) is 0 Å². The Morgan fingerprint density at radius 1 is 0.844 bits per heavy atom. The molecule has 3 aromatic carbocycles. The number of carboxylic acid groups (broad SMARTS) is 1. The topological polar surface area (TPSA) is 113 Å². The molecule has 1 amide bonds. The molecule has 0 unspecified atom stereocenters. The average Bonchev–Trinajstić information content (AvgIpc) is 2.69. The summed E-state index contributed by atoms with van der Waals surface area (Å²) >= 11 is 18.0. The number of hydrogen-bond acceptors (Lipinski definition) is 4. The molecule has 0 radical (unpaired) electrons. The van der Waals surface area contributed by atoms with Crippen molar-refractivity contribution < 1.29 is 23.1 Å². The van der Waals surface area contributed by atoms with Crippen LogP contribution in [-0.4, -0.2) is 25.4 Å². The highest BCUT2D eigenvalue weighted by molar-refractivity contribution is 7.92. The number of carboxylic acids is 1. The Kier molecular flexibility index (Phi) is 8.91. The van der Waals surface area contributed by atoms with E-state index in [0.29, 0.717) is 16.4 Å². The van der Waals surface area contributed by atoms with Gasteiger partial charge in [-0.3, -0.25) is 14.3 Å². The van der Waals surface area contributed by atoms with Gasteiger partial charge in [0.05, 0.1) is 15.6 Å². The second kappa shape index (κ2) is 11.2. The van der Waals surface area contributed by atoms with Crippen LogP contribution >= 0.6 is 34.8 Å². The minimum atomic E-state index is -4.07. The van der Waals surface area contributed by atoms with E-state index >= 15 is 0 Å². The van der Waals surface area contributed by atoms with Gasteiger partial charge in [0.2, 0.25) is 0 Å². The van der Waals surface area contributed by atoms with Crippen LogP contribution in [0.3, 0.4) is 0 Å². The van der Waals surface area contributed by atoms with Crippen molar-refractivity contribution in [2.24, 2.45) is 0 Å². The zero-order valence-electron chi connectivity index (χ0n) is 16.5. The van der Waals surface area contributed by atoms with Gasteiger partial charge < -0.3 is 10.4 Å². The fraction of sp³-hybridized carbons (Fsp3) is 0.0476. The van der Waals surface area contributed by atoms with Gasteiger partial charge in [-0.1, -0.05) is 53.0 Å². The number of aliphatic carboxylic acids is 1. The van der Waals surface area contributed by atoms with Crippen LogP contribution in [0.1, 0.15) is 17.3 Å². The minimum absolute atomic E-state index is 0.0219. The van der Waals surface area contributed by atoms with Crippen molar-refractivity contribution in [1.29, 1.82) is 0 Å². The highest BCUT2D eigenvalue weighted by Crippen LogP contribution is 2.30. The molecular formula is C21H17Cl3N2O5S. The summed E-state index contributed by atoms with van der Waals surface area (Å²) in [6.07, 6.45) is 0. The molecule has 0 aliphatic rings. The second-order valence-corrected chi connectivity index (χ2v) is 9.12. The molecule has 11 heteroatoms. The highest BCUT2D eigenvalue weighted by atomic mass is 35.5. The van der Waals surface area contributed by atoms with Gasteiger partial charge >= 0.3 is 0 Å². The molecule has 3 aromatic rings. The predicted molar refractivity (Wildman–Crippen MR) is 126 cm³/mol. The Morgan fingerprint density at radius 3 is 1.97 bits per heavy atom. The number of anilines is 2. The van der Waals surface area contributed by atoms with Crippen molar-refractivity contribution in [1.82, 2.24) is 0 Å². The third kappa shape index (κ3) is 7.42. The molecule has 0 spiro atoms. The van der Waals surface area contributed by atoms with E-state index in [-0.39, 0.29) is 20.5 Å². The van der Waals surface area contributed by atoms with Crippen molar-refractivity contribution in [3.8, 4) is 0 Å². The van der Waals surface area contributed by atoms with Gasteiger partial charge in [0.25, 0.3) is 21.9 Å². The van der Waals surface area contributed by atoms with E-state index in [9.17, 15) is 13.2 Å². The Bertz CT molecular complexity index is 1210. The molecule has 3 N–H and O–H groups in total. The number of carbonyl (C=O) groups excluding carboxylic acids is 1. The first-order valence-electron chi connectivity index (χ1n) is 8.83. The van der Waals surface area contributed by atoms with Gasteiger partial charge in [-0.05, 0) is 48.5 Å². The normalized spacial score (nSPS) is 10.5. The van der Waals surface area contributed by atoms with Crippen LogP contribution in [0.25, 0.3) is 0 Å². The standard InChI is InChI=1S/C19H13Cl3N2O3S.C2H4O2/c20-12-6-8-14(9-7-12)24-28(26,27)18-10-15(16(21)11-17(18)22)19(25)23-13-4-2-1-3-5-13;1-2(3)4/h1-11,24H,(H,23,25);1H3,(H,3,4). The first kappa shape index (κ1) is 25.5. The summed E-state index contributed by atoms with van der Waals surface area (Å²) in [5.41, 5.74) is 0.819. The molecule has 3 rings (SSSR count). The monoisotopic (exact) mass is 514 g/mol. The maximum Gasteiger partial charge on any atom is 0.300 e. The Hall–Kier alpha value is -2.78. The lowest BCUT2D eigenvalue weighted by atomic mass is 10.2. The zero-order chi connectivity index (χ0) is 23.9. The number of rotatable bonds is 5. The van der Waals surface area contributed by atoms with Gasteiger partial charge in [-0.25, -0.2) is 8.42 Å². The molecule has 32 heavy (non-hydrogen) atoms. The Balaban J connectivity index is 0.000000837. The number of nitrogens with one attached hydrogen (secondary N) is 2. The molecule has 0 bridgehead atoms. The molecule has 0 saturated heterocycles. The van der Waals surface area contributed by atoms with Crippen LogP contribution in [0.4, 0.5) is 11.4 Å². The average molecular weight is 516 g/mol. The quantitative estimate of drug-likeness (QED) is 0.398. The molecule has 0 aliphatic heterocycles. The van der Waals surface area contributed by atoms with Crippen LogP contribution in [0.5, 0.6) is 0 Å². The summed E-state index contributed by atoms with van der Waals surface area (Å²) < 4.78 is 27.9. The highest BCUT2D eigenvalue weighted by Gasteiger charge is 2.23. The van der Waals surface area contributed by atoms with Crippen molar-refractivity contribution >= 4 is 68.1 Å². The molecule has 0 saturated carbocycles. The molecule has 7 nitrogen and oxygen atoms in total. The van der Waals surface area contributed by atoms with Gasteiger partial charge in [0, 0.05) is 23.3 Å². The zero-order valence-corrected chi connectivity index (χ0v) is 19.6. The summed E-state index contributed by atoms with van der Waals surface area (Å²) in [6.45, 7) is 1.08. The van der Waals surface area contributed by atoms with E-state index in [4.69, 9.17) is 44.7 Å². The van der Waals surface area contributed by atoms with Gasteiger partial charge in [-0.15, -0.1) is 0 Å². The molecule has 0 aliphatic carbocycles. The minimum Gasteiger partial charge on any atom is -0.481 e. The first-order valence-corrected chi connectivity index (χ1v) is 11.4. The third-order valence-electron chi connectivity index (χ3n) is 3.68. The van der Waals surface area contributed by atoms with Crippen molar-refractivity contribution in [2.45, 2.75) is 11.8 Å². The maximum atomic E-state index is 12.7. The van der Waals surface area contributed by atoms with E-state index in [1.54, 1.807) is 42.5 Å². The summed E-state index contributed by atoms with van der Waals surface area (Å²) in [4.78, 5) is 21.3. The number of amides is 1. The predicted octanol–water partition coefficient (Wildman–Crippen LogP) is 5.79. The SMILES string of the molecule is CC(=O)O.O=C(Nc1ccccc1)c1cc(S(=O)(=O)Nc2ccc(Cl)cc2)c(Cl)cc1Cl. The fourth-order valence-electron chi connectivity index (χ4n) is 2.36. The van der Waals surface area contributed by atoms with Crippen LogP contribution < -0.4 is 10.0 Å². The van der Waals surface area contributed by atoms with Crippen LogP contribution in [0.15, 0.2) is 71.6 Å². The molecule has 0 heterocycles.